The molecule has 0 unspecified atom stereocenters. The molecule has 0 spiro atoms. The fourth-order valence-corrected chi connectivity index (χ4v) is 6.08. The summed E-state index contributed by atoms with van der Waals surface area (Å²) in [4.78, 5) is 63.6. The first-order valence-electron chi connectivity index (χ1n) is 14.6. The standard InChI is InChI=1S/C33H34N2O11.BrH/c1-15-25-13-35(11-10-23(25)16(2)29-28(15)24-12-22(42-18(4)37)8-9-26(24)34-29)33-32(45-21(7)40)31(44-20(6)39)30(43-19(5)38)27(46-33)14-41-17(3)36;/h8-13,27,30-33H,14H2,1-7H3;1H/t27-,30-,31+,32-,33-;/m0./s1. The Labute approximate surface area is 280 Å². The molecule has 0 aliphatic carbocycles. The molecule has 1 saturated heterocycles. The summed E-state index contributed by atoms with van der Waals surface area (Å²) in [5.41, 5.74) is 3.65. The van der Waals surface area contributed by atoms with Gasteiger partial charge >= 0.3 is 36.1 Å². The van der Waals surface area contributed by atoms with Crippen molar-refractivity contribution in [1.82, 2.24) is 4.98 Å². The Balaban J connectivity index is 0.00000500. The number of aromatic amines is 1. The lowest BCUT2D eigenvalue weighted by atomic mass is 9.95. The van der Waals surface area contributed by atoms with Gasteiger partial charge in [-0.2, -0.15) is 4.57 Å². The van der Waals surface area contributed by atoms with Crippen molar-refractivity contribution in [2.24, 2.45) is 0 Å². The Bertz CT molecular complexity index is 1900. The third-order valence-corrected chi connectivity index (χ3v) is 7.83. The van der Waals surface area contributed by atoms with Crippen molar-refractivity contribution < 1.29 is 73.9 Å². The van der Waals surface area contributed by atoms with Crippen LogP contribution in [-0.2, 0) is 47.7 Å². The summed E-state index contributed by atoms with van der Waals surface area (Å²) in [6.45, 7) is 9.73. The zero-order valence-electron chi connectivity index (χ0n) is 26.9. The molecule has 2 aromatic carbocycles. The minimum Gasteiger partial charge on any atom is -1.00 e. The fourth-order valence-electron chi connectivity index (χ4n) is 6.08. The zero-order valence-corrected chi connectivity index (χ0v) is 28.5. The third kappa shape index (κ3) is 7.23. The maximum atomic E-state index is 12.4. The van der Waals surface area contributed by atoms with Crippen LogP contribution in [0.1, 0.15) is 52.0 Å². The highest BCUT2D eigenvalue weighted by molar-refractivity contribution is 6.16. The quantitative estimate of drug-likeness (QED) is 0.123. The number of hydrogen-bond donors (Lipinski definition) is 1. The van der Waals surface area contributed by atoms with E-state index in [2.05, 4.69) is 4.98 Å². The Morgan fingerprint density at radius 3 is 2.02 bits per heavy atom. The number of benzene rings is 2. The highest BCUT2D eigenvalue weighted by Crippen LogP contribution is 2.38. The summed E-state index contributed by atoms with van der Waals surface area (Å²) in [6, 6.07) is 7.28. The lowest BCUT2D eigenvalue weighted by Gasteiger charge is -2.41. The molecule has 1 aliphatic heterocycles. The monoisotopic (exact) mass is 714 g/mol. The van der Waals surface area contributed by atoms with Crippen LogP contribution < -0.4 is 26.3 Å². The van der Waals surface area contributed by atoms with E-state index in [1.807, 2.05) is 38.2 Å². The molecular weight excluding hydrogens is 680 g/mol. The summed E-state index contributed by atoms with van der Waals surface area (Å²) in [5, 5.41) is 3.55. The van der Waals surface area contributed by atoms with E-state index >= 15 is 0 Å². The minimum absolute atomic E-state index is 0. The largest absolute Gasteiger partial charge is 1.00 e. The van der Waals surface area contributed by atoms with Gasteiger partial charge in [-0.1, -0.05) is 0 Å². The van der Waals surface area contributed by atoms with Crippen LogP contribution in [0.5, 0.6) is 5.75 Å². The second kappa shape index (κ2) is 14.1. The summed E-state index contributed by atoms with van der Waals surface area (Å²) in [7, 11) is 0. The summed E-state index contributed by atoms with van der Waals surface area (Å²) >= 11 is 0. The van der Waals surface area contributed by atoms with Crippen molar-refractivity contribution in [3.63, 3.8) is 0 Å². The van der Waals surface area contributed by atoms with Gasteiger partial charge in [0.25, 0.3) is 0 Å². The molecule has 14 heteroatoms. The van der Waals surface area contributed by atoms with Gasteiger partial charge in [0.1, 0.15) is 18.5 Å². The second-order valence-corrected chi connectivity index (χ2v) is 11.2. The number of aromatic nitrogens is 2. The summed E-state index contributed by atoms with van der Waals surface area (Å²) in [5.74, 6) is -2.72. The number of ether oxygens (including phenoxy) is 6. The van der Waals surface area contributed by atoms with Gasteiger partial charge in [-0.15, -0.1) is 0 Å². The average Bonchev–Trinajstić information content (AvgIpc) is 3.35. The maximum absolute atomic E-state index is 12.4. The molecule has 13 nitrogen and oxygen atoms in total. The molecule has 250 valence electrons. The van der Waals surface area contributed by atoms with E-state index in [-0.39, 0.29) is 23.6 Å². The van der Waals surface area contributed by atoms with Crippen molar-refractivity contribution in [1.29, 1.82) is 0 Å². The lowest BCUT2D eigenvalue weighted by molar-refractivity contribution is -0.776. The molecule has 5 atom stereocenters. The first kappa shape index (κ1) is 35.3. The predicted molar refractivity (Wildman–Crippen MR) is 161 cm³/mol. The van der Waals surface area contributed by atoms with Gasteiger partial charge < -0.3 is 50.4 Å². The number of pyridine rings is 1. The van der Waals surface area contributed by atoms with E-state index in [9.17, 15) is 24.0 Å². The van der Waals surface area contributed by atoms with E-state index < -0.39 is 60.5 Å². The SMILES string of the molecule is CC(=O)OC[C@@H]1O[C@H]([n+]2ccc3c(C)c4[nH]c5ccc(OC(C)=O)cc5c4c(C)c3c2)[C@@H](OC(C)=O)[C@H](OC(C)=O)[C@H]1OC(C)=O.[Br-]. The maximum Gasteiger partial charge on any atom is 0.308 e. The molecule has 2 aromatic heterocycles. The van der Waals surface area contributed by atoms with Gasteiger partial charge in [-0.3, -0.25) is 24.0 Å². The first-order chi connectivity index (χ1) is 21.7. The first-order valence-corrected chi connectivity index (χ1v) is 14.6. The van der Waals surface area contributed by atoms with Crippen LogP contribution in [0.3, 0.4) is 0 Å². The van der Waals surface area contributed by atoms with Crippen LogP contribution >= 0.6 is 0 Å². The summed E-state index contributed by atoms with van der Waals surface area (Å²) in [6.07, 6.45) is -2.44. The molecule has 4 aromatic rings. The van der Waals surface area contributed by atoms with E-state index in [0.717, 1.165) is 43.7 Å². The van der Waals surface area contributed by atoms with Gasteiger partial charge in [0.2, 0.25) is 6.10 Å². The molecule has 1 aliphatic rings. The Hall–Kier alpha value is -4.56. The van der Waals surface area contributed by atoms with Crippen LogP contribution in [-0.4, -0.2) is 65.9 Å². The number of esters is 5. The van der Waals surface area contributed by atoms with Gasteiger partial charge in [0, 0.05) is 62.4 Å². The number of rotatable bonds is 7. The molecule has 0 amide bonds. The number of carbonyl (C=O) groups excluding carboxylic acids is 5. The van der Waals surface area contributed by atoms with E-state index in [1.54, 1.807) is 16.8 Å². The number of hydrogen-bond acceptors (Lipinski definition) is 11. The van der Waals surface area contributed by atoms with Gasteiger partial charge in [0.05, 0.1) is 5.52 Å². The Morgan fingerprint density at radius 1 is 0.766 bits per heavy atom. The molecule has 5 rings (SSSR count). The molecule has 0 bridgehead atoms. The summed E-state index contributed by atoms with van der Waals surface area (Å²) < 4.78 is 35.4. The van der Waals surface area contributed by atoms with Crippen LogP contribution in [0.4, 0.5) is 0 Å². The van der Waals surface area contributed by atoms with Gasteiger partial charge in [-0.25, -0.2) is 0 Å². The minimum atomic E-state index is -1.30. The smallest absolute Gasteiger partial charge is 0.308 e. The lowest BCUT2D eigenvalue weighted by Crippen LogP contribution is -3.00. The molecule has 47 heavy (non-hydrogen) atoms. The molecule has 0 radical (unpaired) electrons. The number of nitrogens with one attached hydrogen (secondary N) is 1. The van der Waals surface area contributed by atoms with Crippen molar-refractivity contribution in [2.45, 2.75) is 79.1 Å². The van der Waals surface area contributed by atoms with Crippen LogP contribution in [0.25, 0.3) is 32.6 Å². The van der Waals surface area contributed by atoms with E-state index in [4.69, 9.17) is 28.4 Å². The number of H-pyrrole nitrogens is 1. The van der Waals surface area contributed by atoms with Crippen molar-refractivity contribution in [3.8, 4) is 5.75 Å². The van der Waals surface area contributed by atoms with Crippen molar-refractivity contribution in [2.75, 3.05) is 6.61 Å². The number of aryl methyl sites for hydroxylation is 2. The number of nitrogens with zero attached hydrogens (tertiary/aromatic N) is 1. The Kier molecular flexibility index (Phi) is 10.6. The topological polar surface area (TPSA) is 160 Å². The number of halogens is 1. The predicted octanol–water partition coefficient (Wildman–Crippen LogP) is 0.564. The molecule has 0 saturated carbocycles. The van der Waals surface area contributed by atoms with Crippen LogP contribution in [0.15, 0.2) is 36.7 Å². The highest BCUT2D eigenvalue weighted by atomic mass is 79.9. The molecule has 3 heterocycles. The second-order valence-electron chi connectivity index (χ2n) is 11.2. The number of fused-ring (bicyclic) bond motifs is 4. The molecular formula is C33H35BrN2O11. The fraction of sp³-hybridized carbons (Fsp3) is 0.394. The third-order valence-electron chi connectivity index (χ3n) is 7.83. The zero-order chi connectivity index (χ0) is 33.4. The highest BCUT2D eigenvalue weighted by Gasteiger charge is 2.56. The Morgan fingerprint density at radius 2 is 1.40 bits per heavy atom. The van der Waals surface area contributed by atoms with Crippen LogP contribution in [0.2, 0.25) is 0 Å². The van der Waals surface area contributed by atoms with Crippen molar-refractivity contribution in [3.05, 3.63) is 47.8 Å². The van der Waals surface area contributed by atoms with E-state index in [1.165, 1.54) is 34.6 Å². The van der Waals surface area contributed by atoms with Crippen LogP contribution in [0, 0.1) is 13.8 Å². The molecule has 1 N–H and O–H groups in total. The van der Waals surface area contributed by atoms with Crippen molar-refractivity contribution >= 4 is 62.4 Å². The van der Waals surface area contributed by atoms with Gasteiger partial charge in [0.15, 0.2) is 24.6 Å². The number of carbonyl (C=O) groups is 5. The van der Waals surface area contributed by atoms with Gasteiger partial charge in [-0.05, 0) is 48.6 Å². The van der Waals surface area contributed by atoms with E-state index in [0.29, 0.717) is 5.75 Å². The average molecular weight is 716 g/mol. The molecule has 1 fully saturated rings. The normalized spacial score (nSPS) is 20.7.